The van der Waals surface area contributed by atoms with E-state index in [2.05, 4.69) is 27.9 Å². The minimum absolute atomic E-state index is 0.582. The van der Waals surface area contributed by atoms with Crippen molar-refractivity contribution in [3.63, 3.8) is 0 Å². The van der Waals surface area contributed by atoms with Gasteiger partial charge in [-0.15, -0.1) is 0 Å². The molecule has 2 rings (SSSR count). The van der Waals surface area contributed by atoms with E-state index in [4.69, 9.17) is 4.74 Å². The van der Waals surface area contributed by atoms with Gasteiger partial charge in [-0.25, -0.2) is 0 Å². The number of nitrogens with zero attached hydrogens (tertiary/aromatic N) is 1. The monoisotopic (exact) mass is 313 g/mol. The van der Waals surface area contributed by atoms with Crippen LogP contribution in [0.3, 0.4) is 0 Å². The average Bonchev–Trinajstić information content (AvgIpc) is 2.36. The first kappa shape index (κ1) is 13.8. The van der Waals surface area contributed by atoms with Crippen LogP contribution in [0.4, 0.5) is 0 Å². The lowest BCUT2D eigenvalue weighted by Crippen LogP contribution is -2.44. The van der Waals surface area contributed by atoms with E-state index >= 15 is 0 Å². The zero-order valence-corrected chi connectivity index (χ0v) is 12.5. The molecule has 1 N–H and O–H groups in total. The molecule has 1 saturated heterocycles. The van der Waals surface area contributed by atoms with E-state index in [1.165, 1.54) is 0 Å². The first-order chi connectivity index (χ1) is 8.52. The van der Waals surface area contributed by atoms with E-state index in [0.717, 1.165) is 41.7 Å². The Morgan fingerprint density at radius 1 is 1.39 bits per heavy atom. The lowest BCUT2D eigenvalue weighted by molar-refractivity contribution is -0.0151. The quantitative estimate of drug-likeness (QED) is 0.930. The number of aliphatic hydroxyl groups is 1. The van der Waals surface area contributed by atoms with Crippen LogP contribution in [0.2, 0.25) is 0 Å². The van der Waals surface area contributed by atoms with Crippen LogP contribution >= 0.6 is 15.9 Å². The van der Waals surface area contributed by atoms with Crippen molar-refractivity contribution in [1.82, 2.24) is 4.90 Å². The van der Waals surface area contributed by atoms with E-state index in [9.17, 15) is 5.11 Å². The van der Waals surface area contributed by atoms with Crippen LogP contribution in [0.25, 0.3) is 0 Å². The standard InChI is InChI=1S/C14H20BrNO2/c1-16-7-5-14(17,6-8-16)10-11-9-12(18-2)3-4-13(11)15/h3-4,9,17H,5-8,10H2,1-2H3. The molecule has 1 fully saturated rings. The Morgan fingerprint density at radius 3 is 2.67 bits per heavy atom. The van der Waals surface area contributed by atoms with Gasteiger partial charge in [-0.05, 0) is 43.7 Å². The predicted octanol–water partition coefficient (Wildman–Crippen LogP) is 2.46. The Balaban J connectivity index is 2.13. The number of ether oxygens (including phenoxy) is 1. The highest BCUT2D eigenvalue weighted by molar-refractivity contribution is 9.10. The van der Waals surface area contributed by atoms with Crippen molar-refractivity contribution in [1.29, 1.82) is 0 Å². The lowest BCUT2D eigenvalue weighted by Gasteiger charge is -2.36. The number of piperidine rings is 1. The maximum Gasteiger partial charge on any atom is 0.119 e. The average molecular weight is 314 g/mol. The molecule has 3 nitrogen and oxygen atoms in total. The molecule has 18 heavy (non-hydrogen) atoms. The third kappa shape index (κ3) is 3.25. The molecule has 1 aliphatic heterocycles. The second-order valence-electron chi connectivity index (χ2n) is 5.16. The van der Waals surface area contributed by atoms with Crippen molar-refractivity contribution >= 4 is 15.9 Å². The van der Waals surface area contributed by atoms with Gasteiger partial charge in [0.25, 0.3) is 0 Å². The third-order valence-corrected chi connectivity index (χ3v) is 4.46. The van der Waals surface area contributed by atoms with Crippen molar-refractivity contribution in [3.8, 4) is 5.75 Å². The van der Waals surface area contributed by atoms with Crippen LogP contribution in [-0.2, 0) is 6.42 Å². The summed E-state index contributed by atoms with van der Waals surface area (Å²) in [6, 6.07) is 5.90. The van der Waals surface area contributed by atoms with Crippen molar-refractivity contribution < 1.29 is 9.84 Å². The second-order valence-corrected chi connectivity index (χ2v) is 6.02. The van der Waals surface area contributed by atoms with Gasteiger partial charge in [-0.2, -0.15) is 0 Å². The predicted molar refractivity (Wildman–Crippen MR) is 76.1 cm³/mol. The molecule has 0 amide bonds. The summed E-state index contributed by atoms with van der Waals surface area (Å²) in [6.07, 6.45) is 2.33. The largest absolute Gasteiger partial charge is 0.497 e. The van der Waals surface area contributed by atoms with Crippen molar-refractivity contribution in [3.05, 3.63) is 28.2 Å². The Kier molecular flexibility index (Phi) is 4.30. The van der Waals surface area contributed by atoms with E-state index in [1.54, 1.807) is 7.11 Å². The van der Waals surface area contributed by atoms with Gasteiger partial charge in [-0.1, -0.05) is 15.9 Å². The Hall–Kier alpha value is -0.580. The Bertz CT molecular complexity index is 414. The fourth-order valence-electron chi connectivity index (χ4n) is 2.38. The van der Waals surface area contributed by atoms with Crippen LogP contribution in [0.1, 0.15) is 18.4 Å². The van der Waals surface area contributed by atoms with Gasteiger partial charge in [0.2, 0.25) is 0 Å². The molecule has 0 aromatic heterocycles. The number of benzene rings is 1. The molecule has 100 valence electrons. The van der Waals surface area contributed by atoms with Crippen LogP contribution in [0, 0.1) is 0 Å². The highest BCUT2D eigenvalue weighted by atomic mass is 79.9. The molecule has 4 heteroatoms. The van der Waals surface area contributed by atoms with E-state index in [1.807, 2.05) is 18.2 Å². The summed E-state index contributed by atoms with van der Waals surface area (Å²) in [7, 11) is 3.76. The smallest absolute Gasteiger partial charge is 0.119 e. The molecule has 1 aliphatic rings. The number of rotatable bonds is 3. The third-order valence-electron chi connectivity index (χ3n) is 3.69. The molecule has 0 radical (unpaired) electrons. The molecule has 0 atom stereocenters. The molecule has 1 heterocycles. The van der Waals surface area contributed by atoms with Gasteiger partial charge >= 0.3 is 0 Å². The van der Waals surface area contributed by atoms with Gasteiger partial charge in [0.1, 0.15) is 5.75 Å². The first-order valence-corrected chi connectivity index (χ1v) is 7.05. The van der Waals surface area contributed by atoms with E-state index in [0.29, 0.717) is 6.42 Å². The summed E-state index contributed by atoms with van der Waals surface area (Å²) < 4.78 is 6.28. The SMILES string of the molecule is COc1ccc(Br)c(CC2(O)CCN(C)CC2)c1. The number of methoxy groups -OCH3 is 1. The van der Waals surface area contributed by atoms with Gasteiger partial charge < -0.3 is 14.7 Å². The zero-order chi connectivity index (χ0) is 13.2. The Labute approximate surface area is 117 Å². The number of halogens is 1. The van der Waals surface area contributed by atoms with Crippen molar-refractivity contribution in [2.45, 2.75) is 24.9 Å². The summed E-state index contributed by atoms with van der Waals surface area (Å²) in [5.41, 5.74) is 0.530. The van der Waals surface area contributed by atoms with Crippen LogP contribution in [0.15, 0.2) is 22.7 Å². The summed E-state index contributed by atoms with van der Waals surface area (Å²) in [4.78, 5) is 2.26. The molecule has 0 spiro atoms. The van der Waals surface area contributed by atoms with E-state index in [-0.39, 0.29) is 0 Å². The van der Waals surface area contributed by atoms with Gasteiger partial charge in [-0.3, -0.25) is 0 Å². The zero-order valence-electron chi connectivity index (χ0n) is 10.9. The van der Waals surface area contributed by atoms with Gasteiger partial charge in [0, 0.05) is 24.0 Å². The number of hydrogen-bond donors (Lipinski definition) is 1. The molecule has 0 bridgehead atoms. The molecule has 0 unspecified atom stereocenters. The minimum atomic E-state index is -0.582. The molecule has 1 aromatic carbocycles. The number of hydrogen-bond acceptors (Lipinski definition) is 3. The lowest BCUT2D eigenvalue weighted by atomic mass is 9.85. The topological polar surface area (TPSA) is 32.7 Å². The molecular formula is C14H20BrNO2. The maximum atomic E-state index is 10.6. The molecule has 1 aromatic rings. The van der Waals surface area contributed by atoms with Crippen LogP contribution in [-0.4, -0.2) is 42.9 Å². The maximum absolute atomic E-state index is 10.6. The van der Waals surface area contributed by atoms with Crippen LogP contribution < -0.4 is 4.74 Å². The minimum Gasteiger partial charge on any atom is -0.497 e. The van der Waals surface area contributed by atoms with Gasteiger partial charge in [0.15, 0.2) is 0 Å². The highest BCUT2D eigenvalue weighted by Gasteiger charge is 2.31. The first-order valence-electron chi connectivity index (χ1n) is 6.26. The van der Waals surface area contributed by atoms with Gasteiger partial charge in [0.05, 0.1) is 12.7 Å². The summed E-state index contributed by atoms with van der Waals surface area (Å²) in [5, 5.41) is 10.6. The Morgan fingerprint density at radius 2 is 2.06 bits per heavy atom. The molecular weight excluding hydrogens is 294 g/mol. The summed E-state index contributed by atoms with van der Waals surface area (Å²) >= 11 is 3.55. The fourth-order valence-corrected chi connectivity index (χ4v) is 2.77. The molecule has 0 saturated carbocycles. The fraction of sp³-hybridized carbons (Fsp3) is 0.571. The molecule has 0 aliphatic carbocycles. The highest BCUT2D eigenvalue weighted by Crippen LogP contribution is 2.31. The van der Waals surface area contributed by atoms with Crippen molar-refractivity contribution in [2.75, 3.05) is 27.2 Å². The van der Waals surface area contributed by atoms with E-state index < -0.39 is 5.60 Å². The second kappa shape index (κ2) is 5.59. The number of likely N-dealkylation sites (tertiary alicyclic amines) is 1. The normalized spacial score (nSPS) is 19.8. The summed E-state index contributed by atoms with van der Waals surface area (Å²) in [5.74, 6) is 0.838. The van der Waals surface area contributed by atoms with Crippen LogP contribution in [0.5, 0.6) is 5.75 Å². The van der Waals surface area contributed by atoms with Crippen molar-refractivity contribution in [2.24, 2.45) is 0 Å². The summed E-state index contributed by atoms with van der Waals surface area (Å²) in [6.45, 7) is 1.91.